The fourth-order valence-corrected chi connectivity index (χ4v) is 4.88. The average Bonchev–Trinajstić information content (AvgIpc) is 2.66. The highest BCUT2D eigenvalue weighted by Crippen LogP contribution is 2.38. The van der Waals surface area contributed by atoms with Crippen LogP contribution in [0.3, 0.4) is 0 Å². The normalized spacial score (nSPS) is 28.7. The van der Waals surface area contributed by atoms with Crippen LogP contribution in [-0.2, 0) is 9.84 Å². The number of rotatable bonds is 2. The Morgan fingerprint density at radius 3 is 2.33 bits per heavy atom. The first-order chi connectivity index (χ1) is 9.86. The molecule has 2 atom stereocenters. The van der Waals surface area contributed by atoms with Crippen LogP contribution in [0.4, 0.5) is 0 Å². The molecule has 114 valence electrons. The monoisotopic (exact) mass is 307 g/mol. The molecule has 5 heteroatoms. The Hall–Kier alpha value is -1.36. The minimum absolute atomic E-state index is 0.0538. The molecule has 0 aromatic heterocycles. The van der Waals surface area contributed by atoms with Crippen LogP contribution >= 0.6 is 0 Å². The lowest BCUT2D eigenvalue weighted by atomic mass is 10.0. The van der Waals surface area contributed by atoms with Gasteiger partial charge in [0.05, 0.1) is 5.25 Å². The fourth-order valence-electron chi connectivity index (χ4n) is 3.74. The number of nitrogens with zero attached hydrogens (tertiary/aromatic N) is 1. The molecular weight excluding hydrogens is 286 g/mol. The van der Waals surface area contributed by atoms with Crippen molar-refractivity contribution in [2.45, 2.75) is 49.9 Å². The van der Waals surface area contributed by atoms with Gasteiger partial charge in [-0.2, -0.15) is 0 Å². The van der Waals surface area contributed by atoms with Gasteiger partial charge in [0.2, 0.25) is 0 Å². The molecule has 2 unspecified atom stereocenters. The Balaban J connectivity index is 1.84. The van der Waals surface area contributed by atoms with Crippen LogP contribution < -0.4 is 0 Å². The standard InChI is InChI=1S/C16H21NO3S/c1-11-4-3-5-12(8-11)16(18)17-13-6-7-14(17)10-15(9-13)21(2,19)20/h3-5,8,13-15H,6-7,9-10H2,1-2H3. The van der Waals surface area contributed by atoms with E-state index in [2.05, 4.69) is 0 Å². The number of piperidine rings is 1. The van der Waals surface area contributed by atoms with E-state index in [1.54, 1.807) is 0 Å². The van der Waals surface area contributed by atoms with Crippen molar-refractivity contribution in [3.05, 3.63) is 35.4 Å². The summed E-state index contributed by atoms with van der Waals surface area (Å²) >= 11 is 0. The predicted molar refractivity (Wildman–Crippen MR) is 82.0 cm³/mol. The van der Waals surface area contributed by atoms with Gasteiger partial charge in [-0.1, -0.05) is 17.7 Å². The maximum absolute atomic E-state index is 12.7. The van der Waals surface area contributed by atoms with E-state index < -0.39 is 9.84 Å². The molecule has 0 aliphatic carbocycles. The fraction of sp³-hybridized carbons (Fsp3) is 0.562. The summed E-state index contributed by atoms with van der Waals surface area (Å²) in [6, 6.07) is 7.78. The van der Waals surface area contributed by atoms with Crippen molar-refractivity contribution < 1.29 is 13.2 Å². The van der Waals surface area contributed by atoms with Crippen molar-refractivity contribution in [1.82, 2.24) is 4.90 Å². The Morgan fingerprint density at radius 2 is 1.81 bits per heavy atom. The topological polar surface area (TPSA) is 54.5 Å². The molecule has 3 rings (SSSR count). The second kappa shape index (κ2) is 5.13. The third kappa shape index (κ3) is 2.71. The number of hydrogen-bond acceptors (Lipinski definition) is 3. The predicted octanol–water partition coefficient (Wildman–Crippen LogP) is 2.18. The van der Waals surface area contributed by atoms with Gasteiger partial charge < -0.3 is 4.90 Å². The Bertz CT molecular complexity index is 654. The molecule has 4 nitrogen and oxygen atoms in total. The van der Waals surface area contributed by atoms with Crippen LogP contribution in [0.25, 0.3) is 0 Å². The molecule has 0 spiro atoms. The SMILES string of the molecule is Cc1cccc(C(=O)N2C3CCC2CC(S(C)(=O)=O)C3)c1. The van der Waals surface area contributed by atoms with Crippen molar-refractivity contribution in [3.63, 3.8) is 0 Å². The summed E-state index contributed by atoms with van der Waals surface area (Å²) in [7, 11) is -3.01. The quantitative estimate of drug-likeness (QED) is 0.841. The molecule has 2 aliphatic rings. The molecular formula is C16H21NO3S. The van der Waals surface area contributed by atoms with Gasteiger partial charge >= 0.3 is 0 Å². The smallest absolute Gasteiger partial charge is 0.254 e. The largest absolute Gasteiger partial charge is 0.333 e. The van der Waals surface area contributed by atoms with E-state index in [1.807, 2.05) is 36.1 Å². The van der Waals surface area contributed by atoms with Gasteiger partial charge in [-0.15, -0.1) is 0 Å². The Kier molecular flexibility index (Phi) is 3.56. The van der Waals surface area contributed by atoms with Gasteiger partial charge in [0.1, 0.15) is 9.84 Å². The first-order valence-corrected chi connectivity index (χ1v) is 9.40. The number of carbonyl (C=O) groups excluding carboxylic acids is 1. The molecule has 1 aromatic carbocycles. The van der Waals surface area contributed by atoms with Crippen LogP contribution in [0, 0.1) is 6.92 Å². The van der Waals surface area contributed by atoms with Crippen molar-refractivity contribution in [2.24, 2.45) is 0 Å². The summed E-state index contributed by atoms with van der Waals surface area (Å²) in [5.41, 5.74) is 1.78. The zero-order valence-corrected chi connectivity index (χ0v) is 13.3. The van der Waals surface area contributed by atoms with Crippen molar-refractivity contribution in [1.29, 1.82) is 0 Å². The molecule has 1 amide bonds. The number of sulfone groups is 1. The maximum Gasteiger partial charge on any atom is 0.254 e. The van der Waals surface area contributed by atoms with E-state index >= 15 is 0 Å². The van der Waals surface area contributed by atoms with Gasteiger partial charge in [-0.25, -0.2) is 8.42 Å². The van der Waals surface area contributed by atoms with Crippen molar-refractivity contribution in [2.75, 3.05) is 6.26 Å². The number of amides is 1. The summed E-state index contributed by atoms with van der Waals surface area (Å²) in [4.78, 5) is 14.7. The van der Waals surface area contributed by atoms with Crippen LogP contribution in [0.1, 0.15) is 41.6 Å². The van der Waals surface area contributed by atoms with Gasteiger partial charge in [0.15, 0.2) is 0 Å². The molecule has 21 heavy (non-hydrogen) atoms. The second-order valence-electron chi connectivity index (χ2n) is 6.39. The zero-order chi connectivity index (χ0) is 15.2. The van der Waals surface area contributed by atoms with Gasteiger partial charge in [0.25, 0.3) is 5.91 Å². The van der Waals surface area contributed by atoms with Gasteiger partial charge in [-0.05, 0) is 44.7 Å². The molecule has 2 fully saturated rings. The molecule has 2 heterocycles. The maximum atomic E-state index is 12.7. The first kappa shape index (κ1) is 14.6. The van der Waals surface area contributed by atoms with E-state index in [-0.39, 0.29) is 23.2 Å². The summed E-state index contributed by atoms with van der Waals surface area (Å²) in [6.07, 6.45) is 4.34. The number of benzene rings is 1. The lowest BCUT2D eigenvalue weighted by Crippen LogP contribution is -2.49. The van der Waals surface area contributed by atoms with E-state index in [1.165, 1.54) is 6.26 Å². The molecule has 0 saturated carbocycles. The van der Waals surface area contributed by atoms with E-state index in [0.29, 0.717) is 18.4 Å². The Morgan fingerprint density at radius 1 is 1.19 bits per heavy atom. The van der Waals surface area contributed by atoms with Gasteiger partial charge in [-0.3, -0.25) is 4.79 Å². The zero-order valence-electron chi connectivity index (χ0n) is 12.5. The first-order valence-electron chi connectivity index (χ1n) is 7.44. The number of fused-ring (bicyclic) bond motifs is 2. The average molecular weight is 307 g/mol. The summed E-state index contributed by atoms with van der Waals surface area (Å²) in [5, 5.41) is -0.281. The lowest BCUT2D eigenvalue weighted by molar-refractivity contribution is 0.0598. The summed E-state index contributed by atoms with van der Waals surface area (Å²) in [5.74, 6) is 0.0538. The second-order valence-corrected chi connectivity index (χ2v) is 8.72. The number of carbonyl (C=O) groups is 1. The van der Waals surface area contributed by atoms with Crippen molar-refractivity contribution in [3.8, 4) is 0 Å². The highest BCUT2D eigenvalue weighted by molar-refractivity contribution is 7.91. The molecule has 0 N–H and O–H groups in total. The summed E-state index contributed by atoms with van der Waals surface area (Å²) < 4.78 is 23.6. The minimum atomic E-state index is -3.01. The highest BCUT2D eigenvalue weighted by Gasteiger charge is 2.45. The van der Waals surface area contributed by atoms with E-state index in [4.69, 9.17) is 0 Å². The molecule has 1 aromatic rings. The Labute approximate surface area is 126 Å². The summed E-state index contributed by atoms with van der Waals surface area (Å²) in [6.45, 7) is 1.97. The third-order valence-electron chi connectivity index (χ3n) is 4.79. The van der Waals surface area contributed by atoms with E-state index in [9.17, 15) is 13.2 Å². The molecule has 0 radical (unpaired) electrons. The lowest BCUT2D eigenvalue weighted by Gasteiger charge is -2.38. The van der Waals surface area contributed by atoms with Crippen LogP contribution in [0.5, 0.6) is 0 Å². The van der Waals surface area contributed by atoms with Gasteiger partial charge in [0, 0.05) is 23.9 Å². The van der Waals surface area contributed by atoms with E-state index in [0.717, 1.165) is 18.4 Å². The van der Waals surface area contributed by atoms with Crippen LogP contribution in [0.2, 0.25) is 0 Å². The van der Waals surface area contributed by atoms with Crippen LogP contribution in [-0.4, -0.2) is 42.8 Å². The number of hydrogen-bond donors (Lipinski definition) is 0. The number of aryl methyl sites for hydroxylation is 1. The molecule has 2 bridgehead atoms. The molecule has 2 saturated heterocycles. The molecule has 2 aliphatic heterocycles. The van der Waals surface area contributed by atoms with Crippen molar-refractivity contribution >= 4 is 15.7 Å². The third-order valence-corrected chi connectivity index (χ3v) is 6.39. The minimum Gasteiger partial charge on any atom is -0.333 e. The van der Waals surface area contributed by atoms with Crippen LogP contribution in [0.15, 0.2) is 24.3 Å². The highest BCUT2D eigenvalue weighted by atomic mass is 32.2.